The second kappa shape index (κ2) is 4.50. The van der Waals surface area contributed by atoms with Crippen LogP contribution in [0.4, 0.5) is 5.69 Å². The number of aliphatic hydroxyl groups excluding tert-OH is 1. The number of nitrogens with zero attached hydrogens (tertiary/aromatic N) is 2. The lowest BCUT2D eigenvalue weighted by molar-refractivity contribution is -0.384. The average molecular weight is 236 g/mol. The Morgan fingerprint density at radius 3 is 2.59 bits per heavy atom. The summed E-state index contributed by atoms with van der Waals surface area (Å²) in [6.07, 6.45) is -0.333. The van der Waals surface area contributed by atoms with E-state index in [4.69, 9.17) is 9.94 Å². The minimum Gasteiger partial charge on any atom is -0.392 e. The highest BCUT2D eigenvalue weighted by atomic mass is 16.7. The first-order chi connectivity index (χ1) is 8.13. The van der Waals surface area contributed by atoms with Gasteiger partial charge >= 0.3 is 0 Å². The smallest absolute Gasteiger partial charge is 0.269 e. The van der Waals surface area contributed by atoms with Gasteiger partial charge in [0.15, 0.2) is 6.10 Å². The van der Waals surface area contributed by atoms with Crippen molar-refractivity contribution in [2.45, 2.75) is 13.0 Å². The van der Waals surface area contributed by atoms with Gasteiger partial charge in [-0.25, -0.2) is 0 Å². The zero-order valence-electron chi connectivity index (χ0n) is 9.24. The predicted molar refractivity (Wildman–Crippen MR) is 60.8 cm³/mol. The van der Waals surface area contributed by atoms with E-state index in [-0.39, 0.29) is 24.3 Å². The molecule has 0 amide bonds. The maximum Gasteiger partial charge on any atom is 0.269 e. The average Bonchev–Trinajstić information content (AvgIpc) is 2.70. The van der Waals surface area contributed by atoms with Crippen molar-refractivity contribution in [3.63, 3.8) is 0 Å². The summed E-state index contributed by atoms with van der Waals surface area (Å²) in [6.45, 7) is 1.80. The van der Waals surface area contributed by atoms with Crippen LogP contribution in [-0.2, 0) is 4.84 Å². The summed E-state index contributed by atoms with van der Waals surface area (Å²) in [6, 6.07) is 6.13. The van der Waals surface area contributed by atoms with Crippen LogP contribution in [0.5, 0.6) is 0 Å². The van der Waals surface area contributed by atoms with Gasteiger partial charge in [0.05, 0.1) is 17.2 Å². The fraction of sp³-hybridized carbons (Fsp3) is 0.364. The number of hydrogen-bond acceptors (Lipinski definition) is 5. The molecule has 0 radical (unpaired) electrons. The summed E-state index contributed by atoms with van der Waals surface area (Å²) in [5, 5.41) is 23.4. The van der Waals surface area contributed by atoms with Gasteiger partial charge in [-0.15, -0.1) is 0 Å². The maximum atomic E-state index is 10.5. The highest BCUT2D eigenvalue weighted by Gasteiger charge is 2.30. The van der Waals surface area contributed by atoms with E-state index >= 15 is 0 Å². The van der Waals surface area contributed by atoms with Gasteiger partial charge in [0, 0.05) is 23.6 Å². The van der Waals surface area contributed by atoms with Gasteiger partial charge in [0.25, 0.3) is 5.69 Å². The quantitative estimate of drug-likeness (QED) is 0.633. The Morgan fingerprint density at radius 1 is 1.47 bits per heavy atom. The molecule has 1 aromatic carbocycles. The van der Waals surface area contributed by atoms with Crippen molar-refractivity contribution >= 4 is 11.4 Å². The fourth-order valence-corrected chi connectivity index (χ4v) is 1.74. The number of aliphatic hydroxyl groups is 1. The van der Waals surface area contributed by atoms with E-state index in [0.29, 0.717) is 5.71 Å². The molecule has 1 aliphatic rings. The van der Waals surface area contributed by atoms with E-state index in [1.807, 2.05) is 6.92 Å². The van der Waals surface area contributed by atoms with Crippen LogP contribution in [0.15, 0.2) is 29.4 Å². The number of rotatable bonds is 3. The molecule has 0 unspecified atom stereocenters. The van der Waals surface area contributed by atoms with Crippen molar-refractivity contribution in [2.75, 3.05) is 6.61 Å². The van der Waals surface area contributed by atoms with Crippen LogP contribution in [0.2, 0.25) is 0 Å². The Kier molecular flexibility index (Phi) is 3.06. The summed E-state index contributed by atoms with van der Waals surface area (Å²) in [4.78, 5) is 15.1. The van der Waals surface area contributed by atoms with Crippen LogP contribution in [-0.4, -0.2) is 28.5 Å². The molecular formula is C11H12N2O4. The lowest BCUT2D eigenvalue weighted by Crippen LogP contribution is -2.24. The fourth-order valence-electron chi connectivity index (χ4n) is 1.74. The molecule has 6 nitrogen and oxygen atoms in total. The van der Waals surface area contributed by atoms with Crippen molar-refractivity contribution in [3.8, 4) is 0 Å². The zero-order chi connectivity index (χ0) is 12.4. The maximum absolute atomic E-state index is 10.5. The van der Waals surface area contributed by atoms with Crippen molar-refractivity contribution in [1.29, 1.82) is 0 Å². The highest BCUT2D eigenvalue weighted by molar-refractivity contribution is 6.02. The second-order valence-corrected chi connectivity index (χ2v) is 3.90. The molecule has 6 heteroatoms. The standard InChI is InChI=1S/C11H12N2O4/c1-7-10(6-14)17-12-11(7)8-2-4-9(5-3-8)13(15)16/h2-5,7,10,14H,6H2,1H3/t7-,10-/m1/s1. The number of nitro groups is 1. The first-order valence-corrected chi connectivity index (χ1v) is 5.23. The van der Waals surface area contributed by atoms with E-state index in [9.17, 15) is 10.1 Å². The van der Waals surface area contributed by atoms with E-state index in [2.05, 4.69) is 5.16 Å². The normalized spacial score (nSPS) is 23.1. The first kappa shape index (κ1) is 11.5. The van der Waals surface area contributed by atoms with E-state index in [1.54, 1.807) is 12.1 Å². The van der Waals surface area contributed by atoms with Crippen molar-refractivity contribution in [1.82, 2.24) is 0 Å². The minimum atomic E-state index is -0.448. The third-order valence-electron chi connectivity index (χ3n) is 2.83. The zero-order valence-corrected chi connectivity index (χ0v) is 9.24. The summed E-state index contributed by atoms with van der Waals surface area (Å²) < 4.78 is 0. The Bertz CT molecular complexity index is 455. The van der Waals surface area contributed by atoms with Gasteiger partial charge in [-0.3, -0.25) is 10.1 Å². The highest BCUT2D eigenvalue weighted by Crippen LogP contribution is 2.23. The van der Waals surface area contributed by atoms with Crippen LogP contribution in [0, 0.1) is 16.0 Å². The van der Waals surface area contributed by atoms with Gasteiger partial charge in [0.1, 0.15) is 0 Å². The number of oxime groups is 1. The van der Waals surface area contributed by atoms with Gasteiger partial charge in [-0.05, 0) is 12.1 Å². The molecule has 1 aliphatic heterocycles. The number of benzene rings is 1. The molecule has 2 rings (SSSR count). The first-order valence-electron chi connectivity index (χ1n) is 5.23. The molecule has 0 fully saturated rings. The van der Waals surface area contributed by atoms with Crippen LogP contribution >= 0.6 is 0 Å². The molecule has 1 N–H and O–H groups in total. The Balaban J connectivity index is 2.21. The largest absolute Gasteiger partial charge is 0.392 e. The molecule has 1 heterocycles. The minimum absolute atomic E-state index is 0.0264. The molecule has 0 aliphatic carbocycles. The number of nitro benzene ring substituents is 1. The molecule has 0 bridgehead atoms. The summed E-state index contributed by atoms with van der Waals surface area (Å²) in [7, 11) is 0. The molecule has 17 heavy (non-hydrogen) atoms. The van der Waals surface area contributed by atoms with Crippen molar-refractivity contribution in [2.24, 2.45) is 11.1 Å². The third-order valence-corrected chi connectivity index (χ3v) is 2.83. The van der Waals surface area contributed by atoms with Crippen LogP contribution in [0.1, 0.15) is 12.5 Å². The Morgan fingerprint density at radius 2 is 2.12 bits per heavy atom. The second-order valence-electron chi connectivity index (χ2n) is 3.90. The van der Waals surface area contributed by atoms with Gasteiger partial charge in [-0.2, -0.15) is 0 Å². The predicted octanol–water partition coefficient (Wildman–Crippen LogP) is 1.33. The van der Waals surface area contributed by atoms with Crippen LogP contribution < -0.4 is 0 Å². The molecular weight excluding hydrogens is 224 g/mol. The summed E-state index contributed by atoms with van der Waals surface area (Å²) in [5.41, 5.74) is 1.53. The molecule has 0 saturated heterocycles. The molecule has 90 valence electrons. The summed E-state index contributed by atoms with van der Waals surface area (Å²) in [5.74, 6) is -0.0264. The molecule has 2 atom stereocenters. The van der Waals surface area contributed by atoms with Crippen molar-refractivity contribution < 1.29 is 14.9 Å². The van der Waals surface area contributed by atoms with E-state index < -0.39 is 4.92 Å². The summed E-state index contributed by atoms with van der Waals surface area (Å²) >= 11 is 0. The molecule has 1 aromatic rings. The lowest BCUT2D eigenvalue weighted by Gasteiger charge is -2.10. The monoisotopic (exact) mass is 236 g/mol. The third kappa shape index (κ3) is 2.12. The number of hydrogen-bond donors (Lipinski definition) is 1. The molecule has 0 spiro atoms. The van der Waals surface area contributed by atoms with Crippen molar-refractivity contribution in [3.05, 3.63) is 39.9 Å². The van der Waals surface area contributed by atoms with Gasteiger partial charge in [-0.1, -0.05) is 12.1 Å². The Hall–Kier alpha value is -1.95. The van der Waals surface area contributed by atoms with E-state index in [0.717, 1.165) is 5.56 Å². The topological polar surface area (TPSA) is 85.0 Å². The Labute approximate surface area is 97.7 Å². The van der Waals surface area contributed by atoms with E-state index in [1.165, 1.54) is 12.1 Å². The van der Waals surface area contributed by atoms with Crippen LogP contribution in [0.25, 0.3) is 0 Å². The number of non-ortho nitro benzene ring substituents is 1. The molecule has 0 aromatic heterocycles. The molecule has 0 saturated carbocycles. The van der Waals surface area contributed by atoms with Gasteiger partial charge in [0.2, 0.25) is 0 Å². The van der Waals surface area contributed by atoms with Gasteiger partial charge < -0.3 is 9.94 Å². The van der Waals surface area contributed by atoms with Crippen LogP contribution in [0.3, 0.4) is 0 Å². The SMILES string of the molecule is C[C@H]1C(c2ccc([N+](=O)[O-])cc2)=NO[C@@H]1CO. The lowest BCUT2D eigenvalue weighted by atomic mass is 9.94.